The molecule has 4 N–H and O–H groups in total. The standard InChI is InChI=1S/C38H38N6O2/c1-43-35-20-17-31(22-34(35)42-36(43)21-14-26-10-15-29(16-11-26)38(39)40)44(25-30-8-5-7-28-6-3-4-9-33(28)30)37(45)24-41-23-27-12-18-32(46-2)19-13-27/h3-13,15-20,22,41H,14,21,23-25H2,1-2H3,(H3,39,40). The summed E-state index contributed by atoms with van der Waals surface area (Å²) >= 11 is 0. The summed E-state index contributed by atoms with van der Waals surface area (Å²) in [5.41, 5.74) is 12.3. The number of nitrogens with two attached hydrogens (primary N) is 1. The number of fused-ring (bicyclic) bond motifs is 2. The Labute approximate surface area is 268 Å². The number of nitrogens with one attached hydrogen (secondary N) is 2. The number of rotatable bonds is 12. The summed E-state index contributed by atoms with van der Waals surface area (Å²) in [6, 6.07) is 36.2. The number of amides is 1. The number of nitrogens with zero attached hydrogens (tertiary/aromatic N) is 3. The number of amidine groups is 1. The number of hydrogen-bond acceptors (Lipinski definition) is 5. The highest BCUT2D eigenvalue weighted by Gasteiger charge is 2.19. The van der Waals surface area contributed by atoms with Crippen molar-refractivity contribution in [2.45, 2.75) is 25.9 Å². The molecule has 0 aliphatic heterocycles. The lowest BCUT2D eigenvalue weighted by Crippen LogP contribution is -2.37. The molecule has 0 saturated carbocycles. The van der Waals surface area contributed by atoms with Gasteiger partial charge in [-0.3, -0.25) is 10.2 Å². The fraction of sp³-hybridized carbons (Fsp3) is 0.184. The molecule has 0 bridgehead atoms. The van der Waals surface area contributed by atoms with Crippen LogP contribution in [0.2, 0.25) is 0 Å². The van der Waals surface area contributed by atoms with Gasteiger partial charge in [-0.05, 0) is 64.2 Å². The van der Waals surface area contributed by atoms with E-state index < -0.39 is 0 Å². The number of benzene rings is 5. The summed E-state index contributed by atoms with van der Waals surface area (Å²) in [5.74, 6) is 1.82. The van der Waals surface area contributed by atoms with Gasteiger partial charge in [-0.1, -0.05) is 78.9 Å². The maximum absolute atomic E-state index is 13.9. The van der Waals surface area contributed by atoms with Crippen LogP contribution in [0.4, 0.5) is 5.69 Å². The summed E-state index contributed by atoms with van der Waals surface area (Å²) in [6.07, 6.45) is 1.57. The molecule has 6 aromatic rings. The van der Waals surface area contributed by atoms with Gasteiger partial charge in [0.2, 0.25) is 5.91 Å². The zero-order chi connectivity index (χ0) is 32.0. The summed E-state index contributed by atoms with van der Waals surface area (Å²) in [6.45, 7) is 1.19. The third-order valence-corrected chi connectivity index (χ3v) is 8.44. The van der Waals surface area contributed by atoms with Crippen LogP contribution in [0.3, 0.4) is 0 Å². The Morgan fingerprint density at radius 1 is 0.913 bits per heavy atom. The van der Waals surface area contributed by atoms with Crippen LogP contribution in [0, 0.1) is 5.41 Å². The van der Waals surface area contributed by atoms with Crippen LogP contribution < -0.4 is 20.7 Å². The number of anilines is 1. The lowest BCUT2D eigenvalue weighted by atomic mass is 10.0. The van der Waals surface area contributed by atoms with Gasteiger partial charge in [0.05, 0.1) is 31.2 Å². The Kier molecular flexibility index (Phi) is 9.08. The zero-order valence-electron chi connectivity index (χ0n) is 26.2. The van der Waals surface area contributed by atoms with Gasteiger partial charge in [0.1, 0.15) is 17.4 Å². The van der Waals surface area contributed by atoms with Crippen LogP contribution in [0.15, 0.2) is 109 Å². The second-order valence-electron chi connectivity index (χ2n) is 11.4. The number of nitrogen functional groups attached to an aromatic ring is 1. The highest BCUT2D eigenvalue weighted by molar-refractivity contribution is 5.97. The van der Waals surface area contributed by atoms with Crippen LogP contribution in [0.1, 0.15) is 28.1 Å². The van der Waals surface area contributed by atoms with E-state index >= 15 is 0 Å². The smallest absolute Gasteiger partial charge is 0.241 e. The number of hydrogen-bond donors (Lipinski definition) is 3. The number of aryl methyl sites for hydroxylation is 3. The maximum atomic E-state index is 13.9. The van der Waals surface area contributed by atoms with Crippen molar-refractivity contribution >= 4 is 39.2 Å². The first-order valence-electron chi connectivity index (χ1n) is 15.4. The molecule has 5 aromatic carbocycles. The van der Waals surface area contributed by atoms with Crippen LogP contribution in [-0.4, -0.2) is 34.9 Å². The van der Waals surface area contributed by atoms with Crippen LogP contribution in [-0.2, 0) is 37.8 Å². The lowest BCUT2D eigenvalue weighted by Gasteiger charge is -2.24. The molecule has 0 aliphatic carbocycles. The number of ether oxygens (including phenoxy) is 1. The third-order valence-electron chi connectivity index (χ3n) is 8.44. The predicted octanol–water partition coefficient (Wildman–Crippen LogP) is 6.13. The monoisotopic (exact) mass is 610 g/mol. The second kappa shape index (κ2) is 13.7. The molecular formula is C38H38N6O2. The molecule has 0 fully saturated rings. The number of carbonyl (C=O) groups is 1. The molecule has 232 valence electrons. The number of methoxy groups -OCH3 is 1. The normalized spacial score (nSPS) is 11.2. The van der Waals surface area contributed by atoms with Gasteiger partial charge in [-0.15, -0.1) is 0 Å². The van der Waals surface area contributed by atoms with E-state index in [-0.39, 0.29) is 18.3 Å². The van der Waals surface area contributed by atoms with Crippen molar-refractivity contribution in [1.82, 2.24) is 14.9 Å². The molecule has 0 atom stereocenters. The van der Waals surface area contributed by atoms with Crippen molar-refractivity contribution < 1.29 is 9.53 Å². The van der Waals surface area contributed by atoms with Crippen molar-refractivity contribution in [2.24, 2.45) is 12.8 Å². The SMILES string of the molecule is COc1ccc(CNCC(=O)N(Cc2cccc3ccccc23)c2ccc3c(c2)nc(CCc2ccc(C(=N)N)cc2)n3C)cc1. The lowest BCUT2D eigenvalue weighted by molar-refractivity contribution is -0.118. The Morgan fingerprint density at radius 2 is 1.65 bits per heavy atom. The molecule has 8 heteroatoms. The highest BCUT2D eigenvalue weighted by Crippen LogP contribution is 2.27. The molecule has 0 aliphatic rings. The number of imidazole rings is 1. The average molecular weight is 611 g/mol. The molecule has 0 saturated heterocycles. The van der Waals surface area contributed by atoms with Gasteiger partial charge in [-0.25, -0.2) is 4.98 Å². The Balaban J connectivity index is 1.25. The molecule has 6 rings (SSSR count). The molecule has 0 spiro atoms. The average Bonchev–Trinajstić information content (AvgIpc) is 3.40. The van der Waals surface area contributed by atoms with Gasteiger partial charge in [-0.2, -0.15) is 0 Å². The zero-order valence-corrected chi connectivity index (χ0v) is 26.2. The predicted molar refractivity (Wildman–Crippen MR) is 185 cm³/mol. The fourth-order valence-corrected chi connectivity index (χ4v) is 5.81. The van der Waals surface area contributed by atoms with Crippen molar-refractivity contribution in [2.75, 3.05) is 18.6 Å². The Morgan fingerprint density at radius 3 is 2.41 bits per heavy atom. The molecule has 0 radical (unpaired) electrons. The first-order chi connectivity index (χ1) is 22.4. The Bertz CT molecular complexity index is 1990. The van der Waals surface area contributed by atoms with E-state index in [4.69, 9.17) is 20.9 Å². The molecule has 1 amide bonds. The molecule has 8 nitrogen and oxygen atoms in total. The van der Waals surface area contributed by atoms with E-state index in [2.05, 4.69) is 40.2 Å². The quantitative estimate of drug-likeness (QED) is 0.114. The Hall–Kier alpha value is -5.47. The molecular weight excluding hydrogens is 572 g/mol. The van der Waals surface area contributed by atoms with E-state index in [9.17, 15) is 4.79 Å². The fourth-order valence-electron chi connectivity index (χ4n) is 5.81. The van der Waals surface area contributed by atoms with E-state index in [0.717, 1.165) is 74.2 Å². The number of carbonyl (C=O) groups excluding carboxylic acids is 1. The summed E-state index contributed by atoms with van der Waals surface area (Å²) in [4.78, 5) is 20.8. The van der Waals surface area contributed by atoms with E-state index in [1.807, 2.05) is 90.8 Å². The molecule has 46 heavy (non-hydrogen) atoms. The summed E-state index contributed by atoms with van der Waals surface area (Å²) in [7, 11) is 3.68. The van der Waals surface area contributed by atoms with Crippen molar-refractivity contribution in [1.29, 1.82) is 5.41 Å². The third kappa shape index (κ3) is 6.77. The van der Waals surface area contributed by atoms with Crippen LogP contribution in [0.5, 0.6) is 5.75 Å². The first-order valence-corrected chi connectivity index (χ1v) is 15.4. The summed E-state index contributed by atoms with van der Waals surface area (Å²) < 4.78 is 7.39. The largest absolute Gasteiger partial charge is 0.497 e. The van der Waals surface area contributed by atoms with Crippen molar-refractivity contribution in [3.8, 4) is 5.75 Å². The van der Waals surface area contributed by atoms with Gasteiger partial charge in [0, 0.05) is 31.3 Å². The highest BCUT2D eigenvalue weighted by atomic mass is 16.5. The minimum atomic E-state index is -0.0223. The molecule has 0 unspecified atom stereocenters. The number of aromatic nitrogens is 2. The maximum Gasteiger partial charge on any atom is 0.241 e. The molecule has 1 aromatic heterocycles. The second-order valence-corrected chi connectivity index (χ2v) is 11.4. The van der Waals surface area contributed by atoms with Crippen molar-refractivity contribution in [3.05, 3.63) is 137 Å². The van der Waals surface area contributed by atoms with Crippen LogP contribution >= 0.6 is 0 Å². The molecule has 1 heterocycles. The minimum Gasteiger partial charge on any atom is -0.497 e. The topological polar surface area (TPSA) is 109 Å². The summed E-state index contributed by atoms with van der Waals surface area (Å²) in [5, 5.41) is 13.2. The first kappa shape index (κ1) is 30.6. The van der Waals surface area contributed by atoms with Gasteiger partial charge >= 0.3 is 0 Å². The van der Waals surface area contributed by atoms with E-state index in [1.54, 1.807) is 7.11 Å². The van der Waals surface area contributed by atoms with Gasteiger partial charge < -0.3 is 25.3 Å². The minimum absolute atomic E-state index is 0.0223. The van der Waals surface area contributed by atoms with Crippen molar-refractivity contribution in [3.63, 3.8) is 0 Å². The van der Waals surface area contributed by atoms with Gasteiger partial charge in [0.15, 0.2) is 0 Å². The van der Waals surface area contributed by atoms with Gasteiger partial charge in [0.25, 0.3) is 0 Å². The van der Waals surface area contributed by atoms with E-state index in [1.165, 1.54) is 0 Å². The van der Waals surface area contributed by atoms with E-state index in [0.29, 0.717) is 13.1 Å². The van der Waals surface area contributed by atoms with Crippen LogP contribution in [0.25, 0.3) is 21.8 Å².